The van der Waals surface area contributed by atoms with Gasteiger partial charge in [0.05, 0.1) is 5.75 Å². The van der Waals surface area contributed by atoms with E-state index < -0.39 is 17.4 Å². The van der Waals surface area contributed by atoms with Crippen LogP contribution in [0.15, 0.2) is 21.0 Å². The van der Waals surface area contributed by atoms with Gasteiger partial charge in [-0.25, -0.2) is 4.98 Å². The van der Waals surface area contributed by atoms with Gasteiger partial charge in [0.2, 0.25) is 5.91 Å². The highest BCUT2D eigenvalue weighted by molar-refractivity contribution is 7.99. The molecule has 10 heteroatoms. The molecule has 0 radical (unpaired) electrons. The molecule has 102 valence electrons. The fourth-order valence-corrected chi connectivity index (χ4v) is 2.05. The van der Waals surface area contributed by atoms with Gasteiger partial charge in [-0.15, -0.1) is 0 Å². The van der Waals surface area contributed by atoms with E-state index in [1.165, 1.54) is 0 Å². The quantitative estimate of drug-likeness (QED) is 0.624. The Morgan fingerprint density at radius 2 is 2.11 bits per heavy atom. The highest BCUT2D eigenvalue weighted by atomic mass is 32.2. The van der Waals surface area contributed by atoms with Crippen molar-refractivity contribution in [2.75, 3.05) is 12.3 Å². The summed E-state index contributed by atoms with van der Waals surface area (Å²) in [7, 11) is 0. The Labute approximate surface area is 108 Å². The Morgan fingerprint density at radius 3 is 2.68 bits per heavy atom. The van der Waals surface area contributed by atoms with Crippen LogP contribution in [0.25, 0.3) is 0 Å². The fourth-order valence-electron chi connectivity index (χ4n) is 1.27. The first-order valence-electron chi connectivity index (χ1n) is 4.99. The summed E-state index contributed by atoms with van der Waals surface area (Å²) in [6.07, 6.45) is -4.68. The zero-order valence-corrected chi connectivity index (χ0v) is 10.1. The molecule has 2 heterocycles. The van der Waals surface area contributed by atoms with Crippen molar-refractivity contribution in [2.45, 2.75) is 11.3 Å². The van der Waals surface area contributed by atoms with Crippen LogP contribution in [0.4, 0.5) is 13.2 Å². The number of aliphatic imine (C=N–C) groups is 1. The summed E-state index contributed by atoms with van der Waals surface area (Å²) in [6.45, 7) is 0.00241. The van der Waals surface area contributed by atoms with E-state index in [-0.39, 0.29) is 23.4 Å². The predicted molar refractivity (Wildman–Crippen MR) is 61.0 cm³/mol. The van der Waals surface area contributed by atoms with Crippen molar-refractivity contribution in [1.29, 1.82) is 0 Å². The molecule has 1 aromatic heterocycles. The number of nitrogens with zero attached hydrogens (tertiary/aromatic N) is 2. The summed E-state index contributed by atoms with van der Waals surface area (Å²) in [6, 6.07) is 0.388. The molecule has 0 aromatic carbocycles. The fraction of sp³-hybridized carbons (Fsp3) is 0.333. The second-order valence-corrected chi connectivity index (χ2v) is 4.50. The Bertz CT molecular complexity index is 596. The van der Waals surface area contributed by atoms with Crippen LogP contribution in [0.5, 0.6) is 0 Å². The number of nitrogens with one attached hydrogen (secondary N) is 2. The molecular weight excluding hydrogens is 285 g/mol. The summed E-state index contributed by atoms with van der Waals surface area (Å²) in [5, 5.41) is 2.25. The van der Waals surface area contributed by atoms with Crippen LogP contribution >= 0.6 is 11.8 Å². The van der Waals surface area contributed by atoms with E-state index in [0.717, 1.165) is 11.8 Å². The van der Waals surface area contributed by atoms with Crippen LogP contribution < -0.4 is 10.9 Å². The Balaban J connectivity index is 2.11. The second-order valence-electron chi connectivity index (χ2n) is 3.53. The average molecular weight is 292 g/mol. The molecular formula is C9H7F3N4O2S. The van der Waals surface area contributed by atoms with Gasteiger partial charge in [0.15, 0.2) is 10.9 Å². The standard InChI is InChI=1S/C9H7F3N4O2S/c10-9(11,12)4-1-6(17)16-8(14-4)19-3-5-13-2-7(18)15-5/h1H,2-3H2,(H,13,15,18)(H,14,16,17). The maximum atomic E-state index is 12.4. The highest BCUT2D eigenvalue weighted by Crippen LogP contribution is 2.27. The molecule has 0 atom stereocenters. The minimum atomic E-state index is -4.68. The number of H-pyrrole nitrogens is 1. The molecule has 19 heavy (non-hydrogen) atoms. The van der Waals surface area contributed by atoms with E-state index in [0.29, 0.717) is 11.9 Å². The lowest BCUT2D eigenvalue weighted by Gasteiger charge is -2.06. The first kappa shape index (κ1) is 13.6. The monoisotopic (exact) mass is 292 g/mol. The van der Waals surface area contributed by atoms with Gasteiger partial charge in [-0.1, -0.05) is 11.8 Å². The van der Waals surface area contributed by atoms with Gasteiger partial charge < -0.3 is 10.3 Å². The van der Waals surface area contributed by atoms with Gasteiger partial charge in [0.1, 0.15) is 12.4 Å². The molecule has 1 aromatic rings. The van der Waals surface area contributed by atoms with Gasteiger partial charge in [0.25, 0.3) is 5.56 Å². The summed E-state index contributed by atoms with van der Waals surface area (Å²) >= 11 is 0.852. The van der Waals surface area contributed by atoms with Crippen molar-refractivity contribution < 1.29 is 18.0 Å². The van der Waals surface area contributed by atoms with Crippen LogP contribution in [0.3, 0.4) is 0 Å². The third-order valence-electron chi connectivity index (χ3n) is 2.05. The Morgan fingerprint density at radius 1 is 1.37 bits per heavy atom. The molecule has 1 aliphatic heterocycles. The molecule has 0 fully saturated rings. The van der Waals surface area contributed by atoms with Crippen molar-refractivity contribution in [3.05, 3.63) is 22.1 Å². The minimum Gasteiger partial charge on any atom is -0.312 e. The minimum absolute atomic E-state index is 0.00241. The smallest absolute Gasteiger partial charge is 0.312 e. The molecule has 0 saturated heterocycles. The average Bonchev–Trinajstić information content (AvgIpc) is 2.71. The lowest BCUT2D eigenvalue weighted by atomic mass is 10.4. The number of amidine groups is 1. The van der Waals surface area contributed by atoms with Crippen LogP contribution in [0.2, 0.25) is 0 Å². The van der Waals surface area contributed by atoms with Crippen LogP contribution in [0, 0.1) is 0 Å². The van der Waals surface area contributed by atoms with Gasteiger partial charge in [0, 0.05) is 6.07 Å². The summed E-state index contributed by atoms with van der Waals surface area (Å²) < 4.78 is 37.3. The molecule has 0 unspecified atom stereocenters. The van der Waals surface area contributed by atoms with Crippen molar-refractivity contribution in [2.24, 2.45) is 4.99 Å². The summed E-state index contributed by atoms with van der Waals surface area (Å²) in [5.41, 5.74) is -2.14. The van der Waals surface area contributed by atoms with E-state index in [4.69, 9.17) is 0 Å². The predicted octanol–water partition coefficient (Wildman–Crippen LogP) is 0.409. The first-order valence-corrected chi connectivity index (χ1v) is 5.98. The molecule has 1 aliphatic rings. The normalized spacial score (nSPS) is 15.3. The molecule has 2 rings (SSSR count). The highest BCUT2D eigenvalue weighted by Gasteiger charge is 2.33. The van der Waals surface area contributed by atoms with Crippen molar-refractivity contribution in [3.63, 3.8) is 0 Å². The number of carbonyl (C=O) groups is 1. The topological polar surface area (TPSA) is 87.2 Å². The number of halogens is 3. The van der Waals surface area contributed by atoms with Crippen LogP contribution in [-0.2, 0) is 11.0 Å². The van der Waals surface area contributed by atoms with Crippen molar-refractivity contribution in [1.82, 2.24) is 15.3 Å². The zero-order chi connectivity index (χ0) is 14.0. The molecule has 2 N–H and O–H groups in total. The number of hydrogen-bond donors (Lipinski definition) is 2. The second kappa shape index (κ2) is 5.03. The summed E-state index contributed by atoms with van der Waals surface area (Å²) in [5.74, 6) is 0.187. The van der Waals surface area contributed by atoms with Gasteiger partial charge in [-0.2, -0.15) is 13.2 Å². The number of carbonyl (C=O) groups excluding carboxylic acids is 1. The lowest BCUT2D eigenvalue weighted by Crippen LogP contribution is -2.26. The molecule has 6 nitrogen and oxygen atoms in total. The SMILES string of the molecule is O=C1CN=C(CSc2nc(C(F)(F)F)cc(=O)[nH]2)N1. The largest absolute Gasteiger partial charge is 0.433 e. The third kappa shape index (κ3) is 3.56. The molecule has 0 spiro atoms. The maximum Gasteiger partial charge on any atom is 0.433 e. The van der Waals surface area contributed by atoms with E-state index in [1.807, 2.05) is 0 Å². The number of hydrogen-bond acceptors (Lipinski definition) is 5. The summed E-state index contributed by atoms with van der Waals surface area (Å²) in [4.78, 5) is 31.2. The zero-order valence-electron chi connectivity index (χ0n) is 9.24. The number of aromatic amines is 1. The van der Waals surface area contributed by atoms with E-state index in [9.17, 15) is 22.8 Å². The van der Waals surface area contributed by atoms with Crippen LogP contribution in [0.1, 0.15) is 5.69 Å². The van der Waals surface area contributed by atoms with Crippen LogP contribution in [-0.4, -0.2) is 34.0 Å². The van der Waals surface area contributed by atoms with Gasteiger partial charge in [-0.3, -0.25) is 14.6 Å². The number of thioether (sulfide) groups is 1. The van der Waals surface area contributed by atoms with E-state index in [1.54, 1.807) is 0 Å². The number of aromatic nitrogens is 2. The van der Waals surface area contributed by atoms with E-state index >= 15 is 0 Å². The number of alkyl halides is 3. The molecule has 0 aliphatic carbocycles. The number of amides is 1. The Hall–Kier alpha value is -1.84. The number of rotatable bonds is 3. The molecule has 0 bridgehead atoms. The Kier molecular flexibility index (Phi) is 3.60. The maximum absolute atomic E-state index is 12.4. The van der Waals surface area contributed by atoms with Gasteiger partial charge in [-0.05, 0) is 0 Å². The van der Waals surface area contributed by atoms with Gasteiger partial charge >= 0.3 is 6.18 Å². The lowest BCUT2D eigenvalue weighted by molar-refractivity contribution is -0.141. The third-order valence-corrected chi connectivity index (χ3v) is 2.94. The van der Waals surface area contributed by atoms with E-state index in [2.05, 4.69) is 20.3 Å². The molecule has 1 amide bonds. The van der Waals surface area contributed by atoms with Crippen molar-refractivity contribution >= 4 is 23.5 Å². The molecule has 0 saturated carbocycles. The van der Waals surface area contributed by atoms with Crippen molar-refractivity contribution in [3.8, 4) is 0 Å². The first-order chi connectivity index (χ1) is 8.84.